The molecule has 2 aromatic heterocycles. The Kier molecular flexibility index (Phi) is 6.12. The molecule has 4 aromatic rings. The molecule has 1 unspecified atom stereocenters. The number of carbonyl (C=O) groups excluding carboxylic acids is 1. The lowest BCUT2D eigenvalue weighted by Crippen LogP contribution is -2.30. The minimum atomic E-state index is -0.636. The lowest BCUT2D eigenvalue weighted by Gasteiger charge is -2.17. The molecule has 34 heavy (non-hydrogen) atoms. The molecule has 9 heteroatoms. The number of rotatable bonds is 8. The molecule has 2 heterocycles. The fourth-order valence-electron chi connectivity index (χ4n) is 3.92. The average molecular weight is 480 g/mol. The molecule has 0 spiro atoms. The average Bonchev–Trinajstić information content (AvgIpc) is 3.54. The number of benzene rings is 2. The van der Waals surface area contributed by atoms with Crippen molar-refractivity contribution < 1.29 is 9.18 Å². The number of nitrogens with zero attached hydrogens (tertiary/aromatic N) is 4. The van der Waals surface area contributed by atoms with Gasteiger partial charge in [-0.15, -0.1) is 10.2 Å². The molecule has 5 rings (SSSR count). The fraction of sp³-hybridized carbons (Fsp3) is 0.360. The van der Waals surface area contributed by atoms with E-state index in [9.17, 15) is 14.0 Å². The van der Waals surface area contributed by atoms with Crippen LogP contribution in [0.15, 0.2) is 58.5 Å². The van der Waals surface area contributed by atoms with Gasteiger partial charge in [0, 0.05) is 12.6 Å². The molecule has 1 N–H and O–H groups in total. The summed E-state index contributed by atoms with van der Waals surface area (Å²) in [4.78, 5) is 26.4. The second kappa shape index (κ2) is 9.21. The first-order valence-corrected chi connectivity index (χ1v) is 12.4. The van der Waals surface area contributed by atoms with Crippen LogP contribution in [-0.4, -0.2) is 31.1 Å². The van der Waals surface area contributed by atoms with E-state index < -0.39 is 5.25 Å². The molecule has 1 aliphatic carbocycles. The van der Waals surface area contributed by atoms with Crippen molar-refractivity contribution in [1.29, 1.82) is 0 Å². The van der Waals surface area contributed by atoms with Crippen LogP contribution in [0.1, 0.15) is 43.9 Å². The van der Waals surface area contributed by atoms with E-state index >= 15 is 0 Å². The first-order valence-electron chi connectivity index (χ1n) is 11.5. The SMILES string of the molecule is CC(C)CCn1c(=O)c2ccccc2n2c(SC(C(=O)NC3CC3)c3ccc(F)cc3)nnc12. The third-order valence-corrected chi connectivity index (χ3v) is 7.16. The monoisotopic (exact) mass is 479 g/mol. The van der Waals surface area contributed by atoms with Crippen molar-refractivity contribution in [3.05, 3.63) is 70.3 Å². The number of fused-ring (bicyclic) bond motifs is 3. The number of thioether (sulfide) groups is 1. The number of halogens is 1. The minimum Gasteiger partial charge on any atom is -0.352 e. The van der Waals surface area contributed by atoms with Crippen molar-refractivity contribution >= 4 is 34.3 Å². The maximum absolute atomic E-state index is 13.6. The summed E-state index contributed by atoms with van der Waals surface area (Å²) in [5.41, 5.74) is 1.27. The van der Waals surface area contributed by atoms with E-state index in [1.165, 1.54) is 23.9 Å². The molecule has 176 valence electrons. The normalized spacial score (nSPS) is 14.7. The Balaban J connectivity index is 1.62. The number of amides is 1. The van der Waals surface area contributed by atoms with Gasteiger partial charge in [0.1, 0.15) is 11.1 Å². The quantitative estimate of drug-likeness (QED) is 0.380. The van der Waals surface area contributed by atoms with Crippen LogP contribution in [0.3, 0.4) is 0 Å². The summed E-state index contributed by atoms with van der Waals surface area (Å²) < 4.78 is 17.1. The van der Waals surface area contributed by atoms with Crippen LogP contribution >= 0.6 is 11.8 Å². The zero-order valence-corrected chi connectivity index (χ0v) is 19.9. The van der Waals surface area contributed by atoms with Gasteiger partial charge >= 0.3 is 0 Å². The molecule has 1 aliphatic rings. The van der Waals surface area contributed by atoms with Crippen molar-refractivity contribution in [3.63, 3.8) is 0 Å². The van der Waals surface area contributed by atoms with Crippen LogP contribution in [-0.2, 0) is 11.3 Å². The maximum Gasteiger partial charge on any atom is 0.262 e. The first kappa shape index (κ1) is 22.6. The Morgan fingerprint density at radius 1 is 1.15 bits per heavy atom. The summed E-state index contributed by atoms with van der Waals surface area (Å²) >= 11 is 1.25. The zero-order chi connectivity index (χ0) is 23.8. The minimum absolute atomic E-state index is 0.103. The van der Waals surface area contributed by atoms with Crippen LogP contribution in [0, 0.1) is 11.7 Å². The Morgan fingerprint density at radius 3 is 2.59 bits per heavy atom. The van der Waals surface area contributed by atoms with Crippen LogP contribution in [0.5, 0.6) is 0 Å². The van der Waals surface area contributed by atoms with Crippen molar-refractivity contribution in [2.75, 3.05) is 0 Å². The number of carbonyl (C=O) groups is 1. The first-order chi connectivity index (χ1) is 16.4. The number of para-hydroxylation sites is 1. The van der Waals surface area contributed by atoms with E-state index in [1.54, 1.807) is 22.8 Å². The second-order valence-electron chi connectivity index (χ2n) is 9.11. The largest absolute Gasteiger partial charge is 0.352 e. The van der Waals surface area contributed by atoms with Crippen molar-refractivity contribution in [1.82, 2.24) is 24.5 Å². The molecule has 0 aliphatic heterocycles. The molecule has 0 bridgehead atoms. The number of hydrogen-bond donors (Lipinski definition) is 1. The van der Waals surface area contributed by atoms with E-state index in [-0.39, 0.29) is 23.3 Å². The summed E-state index contributed by atoms with van der Waals surface area (Å²) in [5, 5.41) is 12.3. The Hall–Kier alpha value is -3.20. The molecular formula is C25H26FN5O2S. The third kappa shape index (κ3) is 4.44. The second-order valence-corrected chi connectivity index (χ2v) is 10.2. The number of aryl methyl sites for hydroxylation is 1. The Morgan fingerprint density at radius 2 is 1.88 bits per heavy atom. The fourth-order valence-corrected chi connectivity index (χ4v) is 4.97. The van der Waals surface area contributed by atoms with Gasteiger partial charge in [0.2, 0.25) is 11.7 Å². The summed E-state index contributed by atoms with van der Waals surface area (Å²) in [6.07, 6.45) is 2.76. The van der Waals surface area contributed by atoms with Crippen LogP contribution in [0.4, 0.5) is 4.39 Å². The molecule has 1 fully saturated rings. The van der Waals surface area contributed by atoms with Crippen molar-refractivity contribution in [2.24, 2.45) is 5.92 Å². The van der Waals surface area contributed by atoms with E-state index in [1.807, 2.05) is 22.6 Å². The van der Waals surface area contributed by atoms with E-state index in [4.69, 9.17) is 0 Å². The van der Waals surface area contributed by atoms with Gasteiger partial charge in [-0.3, -0.25) is 18.6 Å². The molecule has 2 aromatic carbocycles. The van der Waals surface area contributed by atoms with Crippen molar-refractivity contribution in [2.45, 2.75) is 56.1 Å². The highest BCUT2D eigenvalue weighted by Gasteiger charge is 2.31. The predicted molar refractivity (Wildman–Crippen MR) is 130 cm³/mol. The maximum atomic E-state index is 13.6. The highest BCUT2D eigenvalue weighted by molar-refractivity contribution is 8.00. The number of aromatic nitrogens is 4. The summed E-state index contributed by atoms with van der Waals surface area (Å²) in [5.74, 6) is 0.368. The molecule has 0 radical (unpaired) electrons. The molecule has 7 nitrogen and oxygen atoms in total. The number of nitrogens with one attached hydrogen (secondary N) is 1. The summed E-state index contributed by atoms with van der Waals surface area (Å²) in [7, 11) is 0. The van der Waals surface area contributed by atoms with E-state index in [0.29, 0.717) is 39.9 Å². The lowest BCUT2D eigenvalue weighted by molar-refractivity contribution is -0.120. The molecule has 1 saturated carbocycles. The van der Waals surface area contributed by atoms with Crippen LogP contribution in [0.2, 0.25) is 0 Å². The van der Waals surface area contributed by atoms with Crippen molar-refractivity contribution in [3.8, 4) is 0 Å². The summed E-state index contributed by atoms with van der Waals surface area (Å²) in [6.45, 7) is 4.75. The van der Waals surface area contributed by atoms with Gasteiger partial charge < -0.3 is 5.32 Å². The molecule has 1 amide bonds. The van der Waals surface area contributed by atoms with E-state index in [0.717, 1.165) is 19.3 Å². The van der Waals surface area contributed by atoms with Crippen LogP contribution in [0.25, 0.3) is 16.7 Å². The van der Waals surface area contributed by atoms with Gasteiger partial charge in [-0.25, -0.2) is 4.39 Å². The topological polar surface area (TPSA) is 81.3 Å². The lowest BCUT2D eigenvalue weighted by atomic mass is 10.1. The Bertz CT molecular complexity index is 1410. The molecule has 1 atom stereocenters. The summed E-state index contributed by atoms with van der Waals surface area (Å²) in [6, 6.07) is 13.5. The molecule has 0 saturated heterocycles. The van der Waals surface area contributed by atoms with E-state index in [2.05, 4.69) is 29.4 Å². The van der Waals surface area contributed by atoms with Crippen LogP contribution < -0.4 is 10.9 Å². The zero-order valence-electron chi connectivity index (χ0n) is 19.1. The van der Waals surface area contributed by atoms with Gasteiger partial charge in [0.15, 0.2) is 5.16 Å². The van der Waals surface area contributed by atoms with Gasteiger partial charge in [0.05, 0.1) is 10.9 Å². The van der Waals surface area contributed by atoms with Gasteiger partial charge in [-0.05, 0) is 55.0 Å². The van der Waals surface area contributed by atoms with Gasteiger partial charge in [-0.1, -0.05) is 49.9 Å². The van der Waals surface area contributed by atoms with Gasteiger partial charge in [-0.2, -0.15) is 0 Å². The van der Waals surface area contributed by atoms with Gasteiger partial charge in [0.25, 0.3) is 5.56 Å². The molecular weight excluding hydrogens is 453 g/mol. The third-order valence-electron chi connectivity index (χ3n) is 5.97. The Labute approximate surface area is 200 Å². The smallest absolute Gasteiger partial charge is 0.262 e. The predicted octanol–water partition coefficient (Wildman–Crippen LogP) is 4.34. The standard InChI is InChI=1S/C25H26FN5O2S/c1-15(2)13-14-30-23(33)19-5-3-4-6-20(19)31-24(30)28-29-25(31)34-21(22(32)27-18-11-12-18)16-7-9-17(26)10-8-16/h3-10,15,18,21H,11-14H2,1-2H3,(H,27,32). The highest BCUT2D eigenvalue weighted by Crippen LogP contribution is 2.36. The number of hydrogen-bond acceptors (Lipinski definition) is 5. The highest BCUT2D eigenvalue weighted by atomic mass is 32.2.